The number of rotatable bonds is 8. The second kappa shape index (κ2) is 8.10. The van der Waals surface area contributed by atoms with E-state index in [0.717, 1.165) is 24.5 Å². The third-order valence-corrected chi connectivity index (χ3v) is 4.54. The Bertz CT molecular complexity index is 189. The van der Waals surface area contributed by atoms with Gasteiger partial charge in [0.1, 0.15) is 0 Å². The Kier molecular flexibility index (Phi) is 7.14. The lowest BCUT2D eigenvalue weighted by molar-refractivity contribution is 0.207. The lowest BCUT2D eigenvalue weighted by atomic mass is 9.98. The highest BCUT2D eigenvalue weighted by Crippen LogP contribution is 2.28. The zero-order valence-corrected chi connectivity index (χ0v) is 12.3. The van der Waals surface area contributed by atoms with Gasteiger partial charge in [-0.25, -0.2) is 0 Å². The average molecular weight is 240 g/mol. The molecule has 0 amide bonds. The zero-order valence-electron chi connectivity index (χ0n) is 12.3. The molecule has 0 aliphatic heterocycles. The summed E-state index contributed by atoms with van der Waals surface area (Å²) >= 11 is 0. The van der Waals surface area contributed by atoms with E-state index in [1.165, 1.54) is 45.1 Å². The lowest BCUT2D eigenvalue weighted by Crippen LogP contribution is -2.36. The fraction of sp³-hybridized carbons (Fsp3) is 1.00. The number of hydrogen-bond acceptors (Lipinski definition) is 2. The van der Waals surface area contributed by atoms with Crippen molar-refractivity contribution in [1.29, 1.82) is 0 Å². The SMILES string of the molecule is CCNC1CCCC1CCN(C)C(CC)CC. The molecule has 2 unspecified atom stereocenters. The maximum Gasteiger partial charge on any atom is 0.00956 e. The smallest absolute Gasteiger partial charge is 0.00956 e. The Morgan fingerprint density at radius 3 is 2.47 bits per heavy atom. The van der Waals surface area contributed by atoms with Crippen LogP contribution in [0.15, 0.2) is 0 Å². The van der Waals surface area contributed by atoms with Crippen molar-refractivity contribution in [2.45, 2.75) is 71.4 Å². The Balaban J connectivity index is 2.29. The van der Waals surface area contributed by atoms with Crippen molar-refractivity contribution in [1.82, 2.24) is 10.2 Å². The van der Waals surface area contributed by atoms with Gasteiger partial charge in [-0.3, -0.25) is 0 Å². The van der Waals surface area contributed by atoms with Gasteiger partial charge in [0.25, 0.3) is 0 Å². The predicted molar refractivity (Wildman–Crippen MR) is 76.4 cm³/mol. The predicted octanol–water partition coefficient (Wildman–Crippen LogP) is 3.28. The van der Waals surface area contributed by atoms with Crippen molar-refractivity contribution < 1.29 is 0 Å². The van der Waals surface area contributed by atoms with Crippen molar-refractivity contribution in [2.24, 2.45) is 5.92 Å². The highest BCUT2D eigenvalue weighted by molar-refractivity contribution is 4.83. The molecule has 2 heteroatoms. The Morgan fingerprint density at radius 2 is 1.88 bits per heavy atom. The van der Waals surface area contributed by atoms with Gasteiger partial charge >= 0.3 is 0 Å². The molecule has 1 N–H and O–H groups in total. The Morgan fingerprint density at radius 1 is 1.18 bits per heavy atom. The average Bonchev–Trinajstić information content (AvgIpc) is 2.76. The highest BCUT2D eigenvalue weighted by atomic mass is 15.1. The summed E-state index contributed by atoms with van der Waals surface area (Å²) in [6.45, 7) is 9.25. The topological polar surface area (TPSA) is 15.3 Å². The molecule has 1 aliphatic rings. The van der Waals surface area contributed by atoms with E-state index in [9.17, 15) is 0 Å². The minimum absolute atomic E-state index is 0.786. The molecule has 2 nitrogen and oxygen atoms in total. The van der Waals surface area contributed by atoms with Crippen LogP contribution < -0.4 is 5.32 Å². The van der Waals surface area contributed by atoms with E-state index in [0.29, 0.717) is 0 Å². The van der Waals surface area contributed by atoms with Gasteiger partial charge in [-0.1, -0.05) is 27.2 Å². The Hall–Kier alpha value is -0.0800. The van der Waals surface area contributed by atoms with Gasteiger partial charge in [-0.2, -0.15) is 0 Å². The molecule has 0 bridgehead atoms. The summed E-state index contributed by atoms with van der Waals surface area (Å²) in [5.41, 5.74) is 0. The van der Waals surface area contributed by atoms with Gasteiger partial charge in [0.05, 0.1) is 0 Å². The van der Waals surface area contributed by atoms with Crippen LogP contribution >= 0.6 is 0 Å². The van der Waals surface area contributed by atoms with Crippen LogP contribution in [-0.4, -0.2) is 37.1 Å². The van der Waals surface area contributed by atoms with Gasteiger partial charge in [0.2, 0.25) is 0 Å². The molecule has 0 aromatic rings. The van der Waals surface area contributed by atoms with Gasteiger partial charge in [-0.05, 0) is 58.2 Å². The summed E-state index contributed by atoms with van der Waals surface area (Å²) in [4.78, 5) is 2.57. The fourth-order valence-electron chi connectivity index (χ4n) is 3.38. The van der Waals surface area contributed by atoms with Crippen molar-refractivity contribution in [3.05, 3.63) is 0 Å². The van der Waals surface area contributed by atoms with E-state index < -0.39 is 0 Å². The molecule has 0 aromatic carbocycles. The molecular weight excluding hydrogens is 208 g/mol. The molecule has 1 aliphatic carbocycles. The first-order valence-corrected chi connectivity index (χ1v) is 7.66. The lowest BCUT2D eigenvalue weighted by Gasteiger charge is -2.28. The van der Waals surface area contributed by atoms with Crippen molar-refractivity contribution in [2.75, 3.05) is 20.1 Å². The molecular formula is C15H32N2. The second-order valence-corrected chi connectivity index (χ2v) is 5.59. The largest absolute Gasteiger partial charge is 0.314 e. The van der Waals surface area contributed by atoms with E-state index in [2.05, 4.69) is 38.0 Å². The molecule has 0 aromatic heterocycles. The summed E-state index contributed by atoms with van der Waals surface area (Å²) < 4.78 is 0. The van der Waals surface area contributed by atoms with Crippen LogP contribution in [0.1, 0.15) is 59.3 Å². The van der Waals surface area contributed by atoms with Gasteiger partial charge in [-0.15, -0.1) is 0 Å². The molecule has 1 fully saturated rings. The molecule has 17 heavy (non-hydrogen) atoms. The number of nitrogens with one attached hydrogen (secondary N) is 1. The van der Waals surface area contributed by atoms with Crippen molar-refractivity contribution >= 4 is 0 Å². The summed E-state index contributed by atoms with van der Waals surface area (Å²) in [6, 6.07) is 1.59. The molecule has 0 saturated heterocycles. The van der Waals surface area contributed by atoms with Crippen LogP contribution in [0.3, 0.4) is 0 Å². The maximum absolute atomic E-state index is 3.66. The fourth-order valence-corrected chi connectivity index (χ4v) is 3.38. The summed E-state index contributed by atoms with van der Waals surface area (Å²) in [7, 11) is 2.30. The van der Waals surface area contributed by atoms with Crippen LogP contribution in [-0.2, 0) is 0 Å². The first-order valence-electron chi connectivity index (χ1n) is 7.66. The number of hydrogen-bond donors (Lipinski definition) is 1. The van der Waals surface area contributed by atoms with Crippen LogP contribution in [0.25, 0.3) is 0 Å². The standard InChI is InChI=1S/C15H32N2/c1-5-14(6-2)17(4)12-11-13-9-8-10-15(13)16-7-3/h13-16H,5-12H2,1-4H3. The van der Waals surface area contributed by atoms with Crippen LogP contribution in [0.4, 0.5) is 0 Å². The van der Waals surface area contributed by atoms with Gasteiger partial charge in [0.15, 0.2) is 0 Å². The third-order valence-electron chi connectivity index (χ3n) is 4.54. The second-order valence-electron chi connectivity index (χ2n) is 5.59. The van der Waals surface area contributed by atoms with E-state index in [1.54, 1.807) is 0 Å². The van der Waals surface area contributed by atoms with Gasteiger partial charge in [0, 0.05) is 12.1 Å². The summed E-state index contributed by atoms with van der Waals surface area (Å²) in [5, 5.41) is 3.66. The molecule has 102 valence electrons. The first kappa shape index (κ1) is 15.0. The normalized spacial score (nSPS) is 25.1. The molecule has 2 atom stereocenters. The molecule has 1 saturated carbocycles. The monoisotopic (exact) mass is 240 g/mol. The van der Waals surface area contributed by atoms with E-state index in [1.807, 2.05) is 0 Å². The minimum atomic E-state index is 0.786. The molecule has 1 rings (SSSR count). The van der Waals surface area contributed by atoms with E-state index >= 15 is 0 Å². The number of nitrogens with zero attached hydrogens (tertiary/aromatic N) is 1. The maximum atomic E-state index is 3.66. The van der Waals surface area contributed by atoms with Crippen molar-refractivity contribution in [3.63, 3.8) is 0 Å². The zero-order chi connectivity index (χ0) is 12.7. The summed E-state index contributed by atoms with van der Waals surface area (Å²) in [5.74, 6) is 0.923. The van der Waals surface area contributed by atoms with Crippen LogP contribution in [0.5, 0.6) is 0 Å². The van der Waals surface area contributed by atoms with Crippen LogP contribution in [0, 0.1) is 5.92 Å². The third kappa shape index (κ3) is 4.59. The van der Waals surface area contributed by atoms with Crippen LogP contribution in [0.2, 0.25) is 0 Å². The minimum Gasteiger partial charge on any atom is -0.314 e. The highest BCUT2D eigenvalue weighted by Gasteiger charge is 2.26. The van der Waals surface area contributed by atoms with Gasteiger partial charge < -0.3 is 10.2 Å². The Labute approximate surface area is 108 Å². The molecule has 0 radical (unpaired) electrons. The quantitative estimate of drug-likeness (QED) is 0.700. The van der Waals surface area contributed by atoms with Crippen molar-refractivity contribution in [3.8, 4) is 0 Å². The molecule has 0 heterocycles. The first-order chi connectivity index (χ1) is 8.22. The summed E-state index contributed by atoms with van der Waals surface area (Å²) in [6.07, 6.45) is 8.21. The van der Waals surface area contributed by atoms with E-state index in [-0.39, 0.29) is 0 Å². The molecule has 0 spiro atoms. The van der Waals surface area contributed by atoms with E-state index in [4.69, 9.17) is 0 Å².